The summed E-state index contributed by atoms with van der Waals surface area (Å²) in [6, 6.07) is 13.9. The van der Waals surface area contributed by atoms with Crippen LogP contribution in [0.5, 0.6) is 5.75 Å². The number of nitrogens with zero attached hydrogens (tertiary/aromatic N) is 1. The molecule has 0 aromatic heterocycles. The zero-order valence-corrected chi connectivity index (χ0v) is 18.5. The fourth-order valence-electron chi connectivity index (χ4n) is 3.33. The van der Waals surface area contributed by atoms with Crippen LogP contribution in [0.25, 0.3) is 0 Å². The van der Waals surface area contributed by atoms with E-state index in [-0.39, 0.29) is 29.7 Å². The average molecular weight is 445 g/mol. The number of Topliss-reactive ketones (excluding diaryl/α,β-unsaturated/α-hetero) is 1. The first kappa shape index (κ1) is 23.0. The van der Waals surface area contributed by atoms with Crippen LogP contribution in [0.15, 0.2) is 53.4 Å². The fourth-order valence-corrected chi connectivity index (χ4v) is 4.85. The molecule has 8 heteroatoms. The van der Waals surface area contributed by atoms with E-state index >= 15 is 0 Å². The lowest BCUT2D eigenvalue weighted by atomic mass is 10.1. The van der Waals surface area contributed by atoms with Gasteiger partial charge in [0.2, 0.25) is 10.0 Å². The van der Waals surface area contributed by atoms with E-state index in [0.29, 0.717) is 31.7 Å². The minimum Gasteiger partial charge on any atom is -0.484 e. The predicted octanol–water partition coefficient (Wildman–Crippen LogP) is 2.69. The van der Waals surface area contributed by atoms with Crippen LogP contribution in [-0.2, 0) is 32.6 Å². The van der Waals surface area contributed by atoms with Crippen LogP contribution in [0.3, 0.4) is 0 Å². The quantitative estimate of drug-likeness (QED) is 0.608. The molecule has 0 aliphatic carbocycles. The largest absolute Gasteiger partial charge is 0.484 e. The average Bonchev–Trinajstić information content (AvgIpc) is 3.32. The third-order valence-electron chi connectivity index (χ3n) is 5.17. The minimum atomic E-state index is -3.43. The molecule has 0 spiro atoms. The molecule has 1 amide bonds. The van der Waals surface area contributed by atoms with Gasteiger partial charge >= 0.3 is 0 Å². The first-order valence-electron chi connectivity index (χ1n) is 10.4. The van der Waals surface area contributed by atoms with Gasteiger partial charge in [-0.25, -0.2) is 8.42 Å². The van der Waals surface area contributed by atoms with Gasteiger partial charge < -0.3 is 14.8 Å². The Kier molecular flexibility index (Phi) is 7.81. The number of nitrogens with one attached hydrogen (secondary N) is 1. The van der Waals surface area contributed by atoms with Crippen LogP contribution < -0.4 is 10.1 Å². The maximum atomic E-state index is 12.5. The van der Waals surface area contributed by atoms with Crippen LogP contribution in [-0.4, -0.2) is 44.1 Å². The Morgan fingerprint density at radius 3 is 2.19 bits per heavy atom. The van der Waals surface area contributed by atoms with Gasteiger partial charge in [-0.1, -0.05) is 24.3 Å². The van der Waals surface area contributed by atoms with E-state index in [1.54, 1.807) is 43.3 Å². The highest BCUT2D eigenvalue weighted by molar-refractivity contribution is 7.89. The maximum absolute atomic E-state index is 12.5. The lowest BCUT2D eigenvalue weighted by Gasteiger charge is -2.15. The molecule has 0 unspecified atom stereocenters. The molecule has 31 heavy (non-hydrogen) atoms. The molecule has 1 N–H and O–H groups in total. The Bertz CT molecular complexity index is 995. The number of ketones is 1. The third-order valence-corrected chi connectivity index (χ3v) is 7.09. The van der Waals surface area contributed by atoms with Crippen molar-refractivity contribution in [3.63, 3.8) is 0 Å². The zero-order valence-electron chi connectivity index (χ0n) is 17.7. The second-order valence-corrected chi connectivity index (χ2v) is 9.60. The molecule has 7 nitrogen and oxygen atoms in total. The molecule has 1 heterocycles. The van der Waals surface area contributed by atoms with Gasteiger partial charge in [0.1, 0.15) is 11.5 Å². The van der Waals surface area contributed by atoms with E-state index in [9.17, 15) is 18.0 Å². The summed E-state index contributed by atoms with van der Waals surface area (Å²) >= 11 is 0. The zero-order chi connectivity index (χ0) is 22.3. The third kappa shape index (κ3) is 6.63. The smallest absolute Gasteiger partial charge is 0.258 e. The van der Waals surface area contributed by atoms with E-state index in [4.69, 9.17) is 4.74 Å². The van der Waals surface area contributed by atoms with E-state index in [2.05, 4.69) is 5.32 Å². The Labute approximate surface area is 183 Å². The van der Waals surface area contributed by atoms with Gasteiger partial charge in [0, 0.05) is 26.1 Å². The number of carbonyl (C=O) groups excluding carboxylic acids is 2. The van der Waals surface area contributed by atoms with Crippen molar-refractivity contribution >= 4 is 21.7 Å². The van der Waals surface area contributed by atoms with Crippen molar-refractivity contribution in [1.29, 1.82) is 0 Å². The number of carbonyl (C=O) groups is 2. The summed E-state index contributed by atoms with van der Waals surface area (Å²) in [5, 5.41) is 2.77. The Morgan fingerprint density at radius 1 is 0.968 bits per heavy atom. The predicted molar refractivity (Wildman–Crippen MR) is 117 cm³/mol. The van der Waals surface area contributed by atoms with Crippen LogP contribution >= 0.6 is 0 Å². The number of hydrogen-bond donors (Lipinski definition) is 1. The fraction of sp³-hybridized carbons (Fsp3) is 0.391. The lowest BCUT2D eigenvalue weighted by molar-refractivity contribution is -0.123. The molecule has 1 aliphatic rings. The van der Waals surface area contributed by atoms with Crippen molar-refractivity contribution in [2.24, 2.45) is 0 Å². The number of aryl methyl sites for hydroxylation is 1. The van der Waals surface area contributed by atoms with Gasteiger partial charge in [0.25, 0.3) is 5.91 Å². The minimum absolute atomic E-state index is 0.117. The SMILES string of the molecule is CC(=O)CCc1ccc(OCC(=O)NCc2ccc(S(=O)(=O)N3CCCC3)cc2)cc1. The Morgan fingerprint density at radius 2 is 1.58 bits per heavy atom. The van der Waals surface area contributed by atoms with Crippen molar-refractivity contribution < 1.29 is 22.7 Å². The van der Waals surface area contributed by atoms with E-state index in [0.717, 1.165) is 24.0 Å². The van der Waals surface area contributed by atoms with Gasteiger partial charge in [0.05, 0.1) is 4.90 Å². The molecule has 0 atom stereocenters. The van der Waals surface area contributed by atoms with Crippen molar-refractivity contribution in [3.05, 3.63) is 59.7 Å². The number of amides is 1. The van der Waals surface area contributed by atoms with E-state index in [1.807, 2.05) is 12.1 Å². The number of hydrogen-bond acceptors (Lipinski definition) is 5. The van der Waals surface area contributed by atoms with Gasteiger partial charge in [-0.3, -0.25) is 4.79 Å². The summed E-state index contributed by atoms with van der Waals surface area (Å²) in [4.78, 5) is 23.4. The lowest BCUT2D eigenvalue weighted by Crippen LogP contribution is -2.29. The molecular formula is C23H28N2O5S. The number of rotatable bonds is 10. The first-order chi connectivity index (χ1) is 14.8. The second-order valence-electron chi connectivity index (χ2n) is 7.67. The number of benzene rings is 2. The van der Waals surface area contributed by atoms with Crippen molar-refractivity contribution in [2.75, 3.05) is 19.7 Å². The highest BCUT2D eigenvalue weighted by Gasteiger charge is 2.26. The summed E-state index contributed by atoms with van der Waals surface area (Å²) < 4.78 is 32.1. The van der Waals surface area contributed by atoms with Gasteiger partial charge in [-0.2, -0.15) is 4.31 Å². The molecule has 1 aliphatic heterocycles. The van der Waals surface area contributed by atoms with Gasteiger partial charge in [-0.15, -0.1) is 0 Å². The molecule has 0 radical (unpaired) electrons. The molecule has 2 aromatic rings. The topological polar surface area (TPSA) is 92.8 Å². The highest BCUT2D eigenvalue weighted by atomic mass is 32.2. The first-order valence-corrected chi connectivity index (χ1v) is 11.9. The summed E-state index contributed by atoms with van der Waals surface area (Å²) in [6.07, 6.45) is 2.99. The van der Waals surface area contributed by atoms with Crippen LogP contribution in [0.2, 0.25) is 0 Å². The molecule has 1 saturated heterocycles. The van der Waals surface area contributed by atoms with Crippen LogP contribution in [0.1, 0.15) is 37.3 Å². The summed E-state index contributed by atoms with van der Waals surface area (Å²) in [7, 11) is -3.43. The van der Waals surface area contributed by atoms with Crippen molar-refractivity contribution in [3.8, 4) is 5.75 Å². The molecule has 1 fully saturated rings. The highest BCUT2D eigenvalue weighted by Crippen LogP contribution is 2.21. The Balaban J connectivity index is 1.44. The molecule has 2 aromatic carbocycles. The summed E-state index contributed by atoms with van der Waals surface area (Å²) in [5.74, 6) is 0.465. The standard InChI is InChI=1S/C23H28N2O5S/c1-18(26)4-5-19-6-10-21(11-7-19)30-17-23(27)24-16-20-8-12-22(13-9-20)31(28,29)25-14-2-3-15-25/h6-13H,2-5,14-17H2,1H3,(H,24,27). The van der Waals surface area contributed by atoms with Crippen LogP contribution in [0, 0.1) is 0 Å². The monoisotopic (exact) mass is 444 g/mol. The summed E-state index contributed by atoms with van der Waals surface area (Å²) in [6.45, 7) is 2.88. The maximum Gasteiger partial charge on any atom is 0.258 e. The van der Waals surface area contributed by atoms with Gasteiger partial charge in [-0.05, 0) is 61.6 Å². The van der Waals surface area contributed by atoms with Crippen molar-refractivity contribution in [2.45, 2.75) is 44.0 Å². The number of sulfonamides is 1. The Hall–Kier alpha value is -2.71. The molecule has 0 bridgehead atoms. The van der Waals surface area contributed by atoms with Crippen molar-refractivity contribution in [1.82, 2.24) is 9.62 Å². The molecule has 0 saturated carbocycles. The molecule has 166 valence electrons. The molecule has 3 rings (SSSR count). The number of ether oxygens (including phenoxy) is 1. The second kappa shape index (κ2) is 10.5. The van der Waals surface area contributed by atoms with E-state index in [1.165, 1.54) is 4.31 Å². The normalized spacial score (nSPS) is 14.4. The molecular weight excluding hydrogens is 416 g/mol. The summed E-state index contributed by atoms with van der Waals surface area (Å²) in [5.41, 5.74) is 1.85. The van der Waals surface area contributed by atoms with E-state index < -0.39 is 10.0 Å². The van der Waals surface area contributed by atoms with Gasteiger partial charge in [0.15, 0.2) is 6.61 Å². The van der Waals surface area contributed by atoms with Crippen LogP contribution in [0.4, 0.5) is 0 Å².